The number of aryl methyl sites for hydroxylation is 2. The predicted octanol–water partition coefficient (Wildman–Crippen LogP) is 2.67. The van der Waals surface area contributed by atoms with Crippen LogP contribution in [0.15, 0.2) is 36.5 Å². The molecule has 102 valence electrons. The van der Waals surface area contributed by atoms with Crippen molar-refractivity contribution >= 4 is 11.2 Å². The van der Waals surface area contributed by atoms with E-state index in [0.717, 1.165) is 34.7 Å². The summed E-state index contributed by atoms with van der Waals surface area (Å²) in [6, 6.07) is 10.4. The lowest BCUT2D eigenvalue weighted by Crippen LogP contribution is -2.11. The van der Waals surface area contributed by atoms with Crippen molar-refractivity contribution in [2.24, 2.45) is 5.73 Å². The maximum Gasteiger partial charge on any atom is 0.160 e. The van der Waals surface area contributed by atoms with E-state index >= 15 is 0 Å². The summed E-state index contributed by atoms with van der Waals surface area (Å²) in [4.78, 5) is 9.26. The van der Waals surface area contributed by atoms with Crippen LogP contribution in [0.3, 0.4) is 0 Å². The first-order chi connectivity index (χ1) is 9.69. The third-order valence-electron chi connectivity index (χ3n) is 3.35. The average molecular weight is 266 g/mol. The molecule has 2 aromatic heterocycles. The van der Waals surface area contributed by atoms with Crippen LogP contribution < -0.4 is 5.73 Å². The molecule has 3 aromatic rings. The van der Waals surface area contributed by atoms with Crippen LogP contribution in [-0.4, -0.2) is 21.1 Å². The van der Waals surface area contributed by atoms with Gasteiger partial charge in [-0.15, -0.1) is 0 Å². The van der Waals surface area contributed by atoms with Crippen molar-refractivity contribution < 1.29 is 0 Å². The predicted molar refractivity (Wildman–Crippen MR) is 81.5 cm³/mol. The molecule has 0 bridgehead atoms. The molecule has 0 fully saturated rings. The van der Waals surface area contributed by atoms with Crippen molar-refractivity contribution in [2.75, 3.05) is 6.54 Å². The minimum Gasteiger partial charge on any atom is -0.329 e. The minimum absolute atomic E-state index is 0.569. The number of pyridine rings is 1. The molecule has 20 heavy (non-hydrogen) atoms. The van der Waals surface area contributed by atoms with Crippen molar-refractivity contribution in [1.82, 2.24) is 14.5 Å². The summed E-state index contributed by atoms with van der Waals surface area (Å²) in [7, 11) is 0. The molecule has 0 aliphatic heterocycles. The molecule has 2 heterocycles. The molecule has 0 saturated carbocycles. The van der Waals surface area contributed by atoms with Gasteiger partial charge in [-0.3, -0.25) is 0 Å². The second-order valence-electron chi connectivity index (χ2n) is 5.10. The average Bonchev–Trinajstić information content (AvgIpc) is 2.77. The summed E-state index contributed by atoms with van der Waals surface area (Å²) in [5.41, 5.74) is 11.0. The standard InChI is InChI=1S/C16H18N4/c1-11-4-3-5-13(8-11)15-19-14-9-12(2)10-18-16(14)20(15)7-6-17/h3-5,8-10H,6-7,17H2,1-2H3. The van der Waals surface area contributed by atoms with Crippen LogP contribution in [0.25, 0.3) is 22.6 Å². The zero-order chi connectivity index (χ0) is 14.1. The van der Waals surface area contributed by atoms with Gasteiger partial charge in [0.2, 0.25) is 0 Å². The Morgan fingerprint density at radius 2 is 2.00 bits per heavy atom. The first-order valence-electron chi connectivity index (χ1n) is 6.79. The quantitative estimate of drug-likeness (QED) is 0.793. The maximum atomic E-state index is 5.74. The van der Waals surface area contributed by atoms with Crippen molar-refractivity contribution in [3.05, 3.63) is 47.7 Å². The van der Waals surface area contributed by atoms with Gasteiger partial charge in [0.25, 0.3) is 0 Å². The number of benzene rings is 1. The first kappa shape index (κ1) is 12.8. The molecule has 0 amide bonds. The van der Waals surface area contributed by atoms with Crippen molar-refractivity contribution in [3.8, 4) is 11.4 Å². The van der Waals surface area contributed by atoms with Gasteiger partial charge in [0.15, 0.2) is 5.65 Å². The molecule has 0 unspecified atom stereocenters. The van der Waals surface area contributed by atoms with Gasteiger partial charge in [-0.1, -0.05) is 23.8 Å². The van der Waals surface area contributed by atoms with E-state index in [1.165, 1.54) is 5.56 Å². The molecule has 3 rings (SSSR count). The van der Waals surface area contributed by atoms with Crippen LogP contribution >= 0.6 is 0 Å². The van der Waals surface area contributed by atoms with Crippen LogP contribution in [0, 0.1) is 13.8 Å². The summed E-state index contributed by atoms with van der Waals surface area (Å²) in [5, 5.41) is 0. The van der Waals surface area contributed by atoms with E-state index in [1.54, 1.807) is 0 Å². The number of nitrogens with two attached hydrogens (primary N) is 1. The summed E-state index contributed by atoms with van der Waals surface area (Å²) < 4.78 is 2.10. The number of rotatable bonds is 3. The van der Waals surface area contributed by atoms with Crippen LogP contribution in [0.2, 0.25) is 0 Å². The molecular weight excluding hydrogens is 248 g/mol. The first-order valence-corrected chi connectivity index (χ1v) is 6.79. The lowest BCUT2D eigenvalue weighted by atomic mass is 10.1. The zero-order valence-corrected chi connectivity index (χ0v) is 11.8. The highest BCUT2D eigenvalue weighted by atomic mass is 15.1. The zero-order valence-electron chi connectivity index (χ0n) is 11.8. The Hall–Kier alpha value is -2.20. The third kappa shape index (κ3) is 2.18. The number of hydrogen-bond acceptors (Lipinski definition) is 3. The van der Waals surface area contributed by atoms with Crippen molar-refractivity contribution in [3.63, 3.8) is 0 Å². The molecule has 4 nitrogen and oxygen atoms in total. The summed E-state index contributed by atoms with van der Waals surface area (Å²) in [6.07, 6.45) is 1.87. The number of imidazole rings is 1. The smallest absolute Gasteiger partial charge is 0.160 e. The fraction of sp³-hybridized carbons (Fsp3) is 0.250. The van der Waals surface area contributed by atoms with Crippen LogP contribution in [-0.2, 0) is 6.54 Å². The molecule has 0 radical (unpaired) electrons. The normalized spacial score (nSPS) is 11.2. The van der Waals surface area contributed by atoms with Crippen LogP contribution in [0.5, 0.6) is 0 Å². The van der Waals surface area contributed by atoms with Gasteiger partial charge >= 0.3 is 0 Å². The minimum atomic E-state index is 0.569. The van der Waals surface area contributed by atoms with Crippen LogP contribution in [0.4, 0.5) is 0 Å². The second-order valence-corrected chi connectivity index (χ2v) is 5.10. The fourth-order valence-corrected chi connectivity index (χ4v) is 2.46. The van der Waals surface area contributed by atoms with Gasteiger partial charge in [-0.05, 0) is 31.5 Å². The number of nitrogens with zero attached hydrogens (tertiary/aromatic N) is 3. The number of aromatic nitrogens is 3. The van der Waals surface area contributed by atoms with Crippen molar-refractivity contribution in [2.45, 2.75) is 20.4 Å². The van der Waals surface area contributed by atoms with E-state index in [-0.39, 0.29) is 0 Å². The van der Waals surface area contributed by atoms with E-state index in [1.807, 2.05) is 13.1 Å². The number of fused-ring (bicyclic) bond motifs is 1. The highest BCUT2D eigenvalue weighted by Gasteiger charge is 2.13. The lowest BCUT2D eigenvalue weighted by molar-refractivity contribution is 0.729. The molecule has 2 N–H and O–H groups in total. The summed E-state index contributed by atoms with van der Waals surface area (Å²) >= 11 is 0. The second kappa shape index (κ2) is 5.06. The summed E-state index contributed by atoms with van der Waals surface area (Å²) in [6.45, 7) is 5.40. The Kier molecular flexibility index (Phi) is 3.24. The van der Waals surface area contributed by atoms with Gasteiger partial charge in [0.05, 0.1) is 0 Å². The Bertz CT molecular complexity index is 758. The van der Waals surface area contributed by atoms with E-state index < -0.39 is 0 Å². The monoisotopic (exact) mass is 266 g/mol. The maximum absolute atomic E-state index is 5.74. The Morgan fingerprint density at radius 1 is 1.15 bits per heavy atom. The van der Waals surface area contributed by atoms with Gasteiger partial charge < -0.3 is 10.3 Å². The Balaban J connectivity index is 2.25. The molecule has 0 aliphatic rings. The van der Waals surface area contributed by atoms with E-state index in [4.69, 9.17) is 10.7 Å². The molecule has 0 spiro atoms. The lowest BCUT2D eigenvalue weighted by Gasteiger charge is -2.07. The fourth-order valence-electron chi connectivity index (χ4n) is 2.46. The Labute approximate surface area is 118 Å². The SMILES string of the molecule is Cc1cccc(-c2nc3cc(C)cnc3n2CCN)c1. The topological polar surface area (TPSA) is 56.7 Å². The summed E-state index contributed by atoms with van der Waals surface area (Å²) in [5.74, 6) is 0.937. The van der Waals surface area contributed by atoms with Gasteiger partial charge in [-0.25, -0.2) is 9.97 Å². The molecule has 1 aromatic carbocycles. The Morgan fingerprint density at radius 3 is 2.75 bits per heavy atom. The van der Waals surface area contributed by atoms with Crippen molar-refractivity contribution in [1.29, 1.82) is 0 Å². The van der Waals surface area contributed by atoms with E-state index in [9.17, 15) is 0 Å². The molecule has 0 atom stereocenters. The van der Waals surface area contributed by atoms with E-state index in [0.29, 0.717) is 6.54 Å². The van der Waals surface area contributed by atoms with Gasteiger partial charge in [0, 0.05) is 24.8 Å². The number of hydrogen-bond donors (Lipinski definition) is 1. The third-order valence-corrected chi connectivity index (χ3v) is 3.35. The molecule has 0 aliphatic carbocycles. The highest BCUT2D eigenvalue weighted by molar-refractivity contribution is 5.77. The van der Waals surface area contributed by atoms with Crippen LogP contribution in [0.1, 0.15) is 11.1 Å². The molecule has 4 heteroatoms. The van der Waals surface area contributed by atoms with E-state index in [2.05, 4.69) is 46.8 Å². The highest BCUT2D eigenvalue weighted by Crippen LogP contribution is 2.24. The molecule has 0 saturated heterocycles. The van der Waals surface area contributed by atoms with Gasteiger partial charge in [0.1, 0.15) is 11.3 Å². The molecular formula is C16H18N4. The van der Waals surface area contributed by atoms with Gasteiger partial charge in [-0.2, -0.15) is 0 Å². The largest absolute Gasteiger partial charge is 0.329 e.